The van der Waals surface area contributed by atoms with Crippen molar-refractivity contribution in [2.45, 2.75) is 25.1 Å². The lowest BCUT2D eigenvalue weighted by molar-refractivity contribution is 0.336. The van der Waals surface area contributed by atoms with Crippen molar-refractivity contribution in [2.75, 3.05) is 6.61 Å². The summed E-state index contributed by atoms with van der Waals surface area (Å²) in [4.78, 5) is 0.239. The molecule has 0 spiro atoms. The summed E-state index contributed by atoms with van der Waals surface area (Å²) in [5.74, 6) is 0.950. The zero-order chi connectivity index (χ0) is 14.5. The van der Waals surface area contributed by atoms with Crippen LogP contribution in [0, 0.1) is 6.92 Å². The van der Waals surface area contributed by atoms with Crippen LogP contribution in [0.4, 0.5) is 0 Å². The number of alkyl halides is 1. The lowest BCUT2D eigenvalue weighted by atomic mass is 10.00. The maximum absolute atomic E-state index is 5.73. The van der Waals surface area contributed by atoms with Crippen LogP contribution in [0.5, 0.6) is 5.75 Å². The van der Waals surface area contributed by atoms with Gasteiger partial charge in [-0.25, -0.2) is 0 Å². The third kappa shape index (κ3) is 3.86. The molecule has 3 heteroatoms. The first kappa shape index (κ1) is 15.6. The van der Waals surface area contributed by atoms with Crippen molar-refractivity contribution in [1.82, 2.24) is 0 Å². The molecule has 2 aromatic rings. The zero-order valence-electron chi connectivity index (χ0n) is 11.7. The van der Waals surface area contributed by atoms with Crippen molar-refractivity contribution in [3.05, 3.63) is 63.6 Å². The number of aryl methyl sites for hydroxylation is 1. The van der Waals surface area contributed by atoms with Crippen LogP contribution in [-0.4, -0.2) is 6.61 Å². The van der Waals surface area contributed by atoms with Crippen molar-refractivity contribution in [3.8, 4) is 5.75 Å². The zero-order valence-corrected chi connectivity index (χ0v) is 14.9. The lowest BCUT2D eigenvalue weighted by Crippen LogP contribution is -2.02. The average Bonchev–Trinajstić information content (AvgIpc) is 2.43. The van der Waals surface area contributed by atoms with Crippen LogP contribution in [0.15, 0.2) is 46.9 Å². The monoisotopic (exact) mass is 396 g/mol. The normalized spacial score (nSPS) is 12.2. The molecule has 2 aromatic carbocycles. The topological polar surface area (TPSA) is 9.23 Å². The van der Waals surface area contributed by atoms with Crippen LogP contribution < -0.4 is 4.74 Å². The van der Waals surface area contributed by atoms with Crippen LogP contribution in [0.1, 0.15) is 28.4 Å². The Kier molecular flexibility index (Phi) is 5.67. The molecular weight excluding hydrogens is 380 g/mol. The van der Waals surface area contributed by atoms with E-state index in [1.165, 1.54) is 16.7 Å². The second-order valence-corrected chi connectivity index (χ2v) is 6.73. The van der Waals surface area contributed by atoms with Crippen LogP contribution in [0.2, 0.25) is 0 Å². The highest BCUT2D eigenvalue weighted by atomic mass is 79.9. The second-order valence-electron chi connectivity index (χ2n) is 4.71. The average molecular weight is 398 g/mol. The number of rotatable bonds is 5. The minimum atomic E-state index is 0.239. The molecule has 0 N–H and O–H groups in total. The maximum Gasteiger partial charge on any atom is 0.123 e. The molecule has 0 radical (unpaired) electrons. The highest BCUT2D eigenvalue weighted by molar-refractivity contribution is 9.10. The Bertz CT molecular complexity index is 581. The van der Waals surface area contributed by atoms with E-state index in [1.54, 1.807) is 0 Å². The van der Waals surface area contributed by atoms with Gasteiger partial charge in [0.1, 0.15) is 5.75 Å². The molecule has 0 aliphatic rings. The van der Waals surface area contributed by atoms with Crippen LogP contribution >= 0.6 is 31.9 Å². The van der Waals surface area contributed by atoms with E-state index in [0.717, 1.165) is 16.6 Å². The molecule has 0 saturated heterocycles. The van der Waals surface area contributed by atoms with Crippen LogP contribution in [0.3, 0.4) is 0 Å². The van der Waals surface area contributed by atoms with Gasteiger partial charge in [-0.15, -0.1) is 0 Å². The molecule has 0 aliphatic carbocycles. The van der Waals surface area contributed by atoms with E-state index in [0.29, 0.717) is 6.61 Å². The van der Waals surface area contributed by atoms with Gasteiger partial charge in [0.05, 0.1) is 6.61 Å². The summed E-state index contributed by atoms with van der Waals surface area (Å²) in [5, 5.41) is 0. The number of benzene rings is 2. The lowest BCUT2D eigenvalue weighted by Gasteiger charge is -2.17. The fourth-order valence-corrected chi connectivity index (χ4v) is 3.28. The van der Waals surface area contributed by atoms with Crippen molar-refractivity contribution in [1.29, 1.82) is 0 Å². The Labute approximate surface area is 137 Å². The molecule has 1 unspecified atom stereocenters. The first-order valence-electron chi connectivity index (χ1n) is 6.72. The second kappa shape index (κ2) is 7.28. The summed E-state index contributed by atoms with van der Waals surface area (Å²) in [7, 11) is 0. The molecule has 20 heavy (non-hydrogen) atoms. The van der Waals surface area contributed by atoms with Gasteiger partial charge >= 0.3 is 0 Å². The van der Waals surface area contributed by atoms with E-state index >= 15 is 0 Å². The van der Waals surface area contributed by atoms with E-state index < -0.39 is 0 Å². The quantitative estimate of drug-likeness (QED) is 0.576. The predicted molar refractivity (Wildman–Crippen MR) is 91.9 cm³/mol. The fourth-order valence-electron chi connectivity index (χ4n) is 2.19. The Balaban J connectivity index is 2.26. The first-order valence-corrected chi connectivity index (χ1v) is 8.43. The summed E-state index contributed by atoms with van der Waals surface area (Å²) < 4.78 is 6.80. The fraction of sp³-hybridized carbons (Fsp3) is 0.294. The molecule has 0 fully saturated rings. The van der Waals surface area contributed by atoms with Crippen LogP contribution in [0.25, 0.3) is 0 Å². The van der Waals surface area contributed by atoms with Crippen molar-refractivity contribution in [3.63, 3.8) is 0 Å². The van der Waals surface area contributed by atoms with Crippen molar-refractivity contribution >= 4 is 31.9 Å². The molecular formula is C17H18Br2O. The highest BCUT2D eigenvalue weighted by Gasteiger charge is 2.15. The van der Waals surface area contributed by atoms with Gasteiger partial charge in [-0.3, -0.25) is 0 Å². The number of hydrogen-bond acceptors (Lipinski definition) is 1. The standard InChI is InChI=1S/C17H18Br2O/c1-3-20-17-9-8-14(18)11-15(17)16(19)10-13-7-5-4-6-12(13)2/h4-9,11,16H,3,10H2,1-2H3. The number of halogens is 2. The molecule has 106 valence electrons. The van der Waals surface area contributed by atoms with E-state index in [-0.39, 0.29) is 4.83 Å². The first-order chi connectivity index (χ1) is 9.61. The Hall–Kier alpha value is -0.800. The van der Waals surface area contributed by atoms with E-state index in [9.17, 15) is 0 Å². The number of hydrogen-bond donors (Lipinski definition) is 0. The summed E-state index contributed by atoms with van der Waals surface area (Å²) >= 11 is 7.35. The van der Waals surface area contributed by atoms with Gasteiger partial charge in [-0.05, 0) is 49.6 Å². The van der Waals surface area contributed by atoms with E-state index in [1.807, 2.05) is 19.1 Å². The minimum Gasteiger partial charge on any atom is -0.494 e. The van der Waals surface area contributed by atoms with Gasteiger partial charge in [0.25, 0.3) is 0 Å². The Morgan fingerprint density at radius 1 is 1.15 bits per heavy atom. The van der Waals surface area contributed by atoms with Crippen molar-refractivity contribution < 1.29 is 4.74 Å². The van der Waals surface area contributed by atoms with Crippen molar-refractivity contribution in [2.24, 2.45) is 0 Å². The van der Waals surface area contributed by atoms with Crippen LogP contribution in [-0.2, 0) is 6.42 Å². The molecule has 0 heterocycles. The van der Waals surface area contributed by atoms with Gasteiger partial charge in [-0.2, -0.15) is 0 Å². The molecule has 0 bridgehead atoms. The smallest absolute Gasteiger partial charge is 0.123 e. The molecule has 0 saturated carbocycles. The summed E-state index contributed by atoms with van der Waals surface area (Å²) in [5.41, 5.74) is 3.87. The maximum atomic E-state index is 5.73. The third-order valence-electron chi connectivity index (χ3n) is 3.27. The Morgan fingerprint density at radius 2 is 1.90 bits per heavy atom. The van der Waals surface area contributed by atoms with Gasteiger partial charge < -0.3 is 4.74 Å². The molecule has 1 atom stereocenters. The molecule has 0 aliphatic heterocycles. The largest absolute Gasteiger partial charge is 0.494 e. The molecule has 0 amide bonds. The van der Waals surface area contributed by atoms with Gasteiger partial charge in [-0.1, -0.05) is 56.1 Å². The molecule has 1 nitrogen and oxygen atoms in total. The molecule has 0 aromatic heterocycles. The summed E-state index contributed by atoms with van der Waals surface area (Å²) in [6.07, 6.45) is 0.948. The van der Waals surface area contributed by atoms with Gasteiger partial charge in [0.2, 0.25) is 0 Å². The van der Waals surface area contributed by atoms with Gasteiger partial charge in [0, 0.05) is 14.9 Å². The summed E-state index contributed by atoms with van der Waals surface area (Å²) in [6.45, 7) is 4.84. The SMILES string of the molecule is CCOc1ccc(Br)cc1C(Br)Cc1ccccc1C. The summed E-state index contributed by atoms with van der Waals surface area (Å²) in [6, 6.07) is 14.7. The van der Waals surface area contributed by atoms with E-state index in [2.05, 4.69) is 69.1 Å². The number of ether oxygens (including phenoxy) is 1. The van der Waals surface area contributed by atoms with E-state index in [4.69, 9.17) is 4.74 Å². The highest BCUT2D eigenvalue weighted by Crippen LogP contribution is 2.36. The minimum absolute atomic E-state index is 0.239. The Morgan fingerprint density at radius 3 is 2.60 bits per heavy atom. The third-order valence-corrected chi connectivity index (χ3v) is 4.58. The van der Waals surface area contributed by atoms with Gasteiger partial charge in [0.15, 0.2) is 0 Å². The predicted octanol–water partition coefficient (Wildman–Crippen LogP) is 5.83. The molecule has 2 rings (SSSR count).